The highest BCUT2D eigenvalue weighted by Gasteiger charge is 2.26. The molecule has 128 valence electrons. The van der Waals surface area contributed by atoms with Gasteiger partial charge in [-0.05, 0) is 48.6 Å². The Balaban J connectivity index is 1.50. The molecule has 2 heterocycles. The van der Waals surface area contributed by atoms with Gasteiger partial charge >= 0.3 is 0 Å². The number of fused-ring (bicyclic) bond motifs is 2. The van der Waals surface area contributed by atoms with Crippen LogP contribution >= 0.6 is 23.2 Å². The average Bonchev–Trinajstić information content (AvgIpc) is 3.16. The van der Waals surface area contributed by atoms with Crippen LogP contribution in [0.4, 0.5) is 0 Å². The molecule has 0 saturated heterocycles. The molecule has 0 saturated carbocycles. The van der Waals surface area contributed by atoms with Crippen molar-refractivity contribution in [3.8, 4) is 0 Å². The Morgan fingerprint density at radius 2 is 2.20 bits per heavy atom. The van der Waals surface area contributed by atoms with Crippen LogP contribution in [0.2, 0.25) is 10.0 Å². The molecule has 4 nitrogen and oxygen atoms in total. The number of rotatable bonds is 3. The number of carbonyl (C=O) groups excluding carboxylic acids is 1. The zero-order valence-electron chi connectivity index (χ0n) is 13.7. The third-order valence-electron chi connectivity index (χ3n) is 4.70. The number of benzene rings is 1. The molecule has 1 N–H and O–H groups in total. The molecular formula is C19H17Cl2N3O. The topological polar surface area (TPSA) is 46.4 Å². The fourth-order valence-electron chi connectivity index (χ4n) is 3.48. The fourth-order valence-corrected chi connectivity index (χ4v) is 3.93. The first-order valence-electron chi connectivity index (χ1n) is 8.22. The zero-order chi connectivity index (χ0) is 17.6. The van der Waals surface area contributed by atoms with E-state index in [-0.39, 0.29) is 18.4 Å². The number of hydrogen-bond donors (Lipinski definition) is 1. The summed E-state index contributed by atoms with van der Waals surface area (Å²) in [5.41, 5.74) is 4.85. The molecule has 1 atom stereocenters. The number of nitrogens with one attached hydrogen (secondary N) is 1. The third-order valence-corrected chi connectivity index (χ3v) is 5.54. The highest BCUT2D eigenvalue weighted by Crippen LogP contribution is 2.39. The van der Waals surface area contributed by atoms with E-state index in [0.717, 1.165) is 40.9 Å². The molecule has 1 aromatic carbocycles. The maximum Gasteiger partial charge on any atom is 0.226 e. The van der Waals surface area contributed by atoms with Gasteiger partial charge in [-0.1, -0.05) is 35.3 Å². The van der Waals surface area contributed by atoms with E-state index in [1.54, 1.807) is 6.07 Å². The predicted molar refractivity (Wildman–Crippen MR) is 99.3 cm³/mol. The minimum absolute atomic E-state index is 0.0176. The molecule has 6 heteroatoms. The van der Waals surface area contributed by atoms with Gasteiger partial charge in [0.15, 0.2) is 0 Å². The first-order valence-corrected chi connectivity index (χ1v) is 8.98. The standard InChI is InChI=1S/C19H17Cl2N3O/c1-11-3-2-8-24-10-12(22-19(11)24)9-17(25)23-16-7-5-14-13(16)4-6-15(20)18(14)21/h2-4,6,8,10,16H,5,7,9H2,1H3,(H,23,25). The largest absolute Gasteiger partial charge is 0.349 e. The van der Waals surface area contributed by atoms with Crippen LogP contribution in [-0.4, -0.2) is 15.3 Å². The molecule has 1 aliphatic carbocycles. The van der Waals surface area contributed by atoms with Gasteiger partial charge in [-0.25, -0.2) is 4.98 Å². The van der Waals surface area contributed by atoms with E-state index >= 15 is 0 Å². The van der Waals surface area contributed by atoms with E-state index in [0.29, 0.717) is 10.0 Å². The lowest BCUT2D eigenvalue weighted by Crippen LogP contribution is -2.28. The number of halogens is 2. The number of aromatic nitrogens is 2. The zero-order valence-corrected chi connectivity index (χ0v) is 15.2. The quantitative estimate of drug-likeness (QED) is 0.743. The minimum atomic E-state index is -0.0371. The molecule has 0 fully saturated rings. The summed E-state index contributed by atoms with van der Waals surface area (Å²) in [4.78, 5) is 17.0. The molecule has 0 spiro atoms. The predicted octanol–water partition coefficient (Wildman–Crippen LogP) is 4.30. The normalized spacial score (nSPS) is 16.2. The van der Waals surface area contributed by atoms with E-state index in [1.807, 2.05) is 41.9 Å². The van der Waals surface area contributed by atoms with Crippen molar-refractivity contribution in [2.75, 3.05) is 0 Å². The summed E-state index contributed by atoms with van der Waals surface area (Å²) in [6.07, 6.45) is 5.77. The van der Waals surface area contributed by atoms with Crippen LogP contribution in [0.5, 0.6) is 0 Å². The molecule has 1 amide bonds. The number of nitrogens with zero attached hydrogens (tertiary/aromatic N) is 2. The minimum Gasteiger partial charge on any atom is -0.349 e. The summed E-state index contributed by atoms with van der Waals surface area (Å²) in [6.45, 7) is 2.01. The van der Waals surface area contributed by atoms with Crippen LogP contribution in [0.15, 0.2) is 36.7 Å². The van der Waals surface area contributed by atoms with Crippen molar-refractivity contribution in [1.82, 2.24) is 14.7 Å². The van der Waals surface area contributed by atoms with E-state index in [1.165, 1.54) is 0 Å². The maximum absolute atomic E-state index is 12.5. The lowest BCUT2D eigenvalue weighted by molar-refractivity contribution is -0.121. The van der Waals surface area contributed by atoms with Gasteiger partial charge in [0, 0.05) is 12.4 Å². The molecular weight excluding hydrogens is 357 g/mol. The van der Waals surface area contributed by atoms with Gasteiger partial charge in [0.2, 0.25) is 5.91 Å². The van der Waals surface area contributed by atoms with Gasteiger partial charge in [0.1, 0.15) is 5.65 Å². The number of carbonyl (C=O) groups is 1. The summed E-state index contributed by atoms with van der Waals surface area (Å²) < 4.78 is 1.95. The number of amides is 1. The van der Waals surface area contributed by atoms with E-state index in [4.69, 9.17) is 23.2 Å². The Morgan fingerprint density at radius 3 is 3.00 bits per heavy atom. The highest BCUT2D eigenvalue weighted by atomic mass is 35.5. The Kier molecular flexibility index (Phi) is 4.18. The second-order valence-corrected chi connectivity index (χ2v) is 7.20. The third kappa shape index (κ3) is 3.00. The van der Waals surface area contributed by atoms with E-state index < -0.39 is 0 Å². The van der Waals surface area contributed by atoms with E-state index in [9.17, 15) is 4.79 Å². The Morgan fingerprint density at radius 1 is 1.36 bits per heavy atom. The van der Waals surface area contributed by atoms with Crippen molar-refractivity contribution in [3.63, 3.8) is 0 Å². The van der Waals surface area contributed by atoms with Gasteiger partial charge in [-0.2, -0.15) is 0 Å². The van der Waals surface area contributed by atoms with Crippen LogP contribution in [0, 0.1) is 6.92 Å². The molecule has 4 rings (SSSR count). The molecule has 1 unspecified atom stereocenters. The summed E-state index contributed by atoms with van der Waals surface area (Å²) in [6, 6.07) is 7.71. The molecule has 0 aliphatic heterocycles. The Hall–Kier alpha value is -2.04. The summed E-state index contributed by atoms with van der Waals surface area (Å²) in [5.74, 6) is -0.0371. The number of hydrogen-bond acceptors (Lipinski definition) is 2. The first kappa shape index (κ1) is 16.4. The lowest BCUT2D eigenvalue weighted by Gasteiger charge is -2.14. The molecule has 0 bridgehead atoms. The number of imidazole rings is 1. The van der Waals surface area contributed by atoms with E-state index in [2.05, 4.69) is 10.3 Å². The van der Waals surface area contributed by atoms with Gasteiger partial charge < -0.3 is 9.72 Å². The second kappa shape index (κ2) is 6.36. The molecule has 2 aromatic heterocycles. The Bertz CT molecular complexity index is 980. The number of pyridine rings is 1. The van der Waals surface area contributed by atoms with Crippen LogP contribution in [-0.2, 0) is 17.6 Å². The molecule has 25 heavy (non-hydrogen) atoms. The summed E-state index contributed by atoms with van der Waals surface area (Å²) >= 11 is 12.3. The lowest BCUT2D eigenvalue weighted by atomic mass is 10.1. The average molecular weight is 374 g/mol. The molecule has 3 aromatic rings. The molecule has 1 aliphatic rings. The summed E-state index contributed by atoms with van der Waals surface area (Å²) in [7, 11) is 0. The van der Waals surface area contributed by atoms with Crippen molar-refractivity contribution in [3.05, 3.63) is 69.1 Å². The van der Waals surface area contributed by atoms with Crippen molar-refractivity contribution < 1.29 is 4.79 Å². The van der Waals surface area contributed by atoms with Crippen LogP contribution in [0.25, 0.3) is 5.65 Å². The van der Waals surface area contributed by atoms with Crippen molar-refractivity contribution >= 4 is 34.8 Å². The highest BCUT2D eigenvalue weighted by molar-refractivity contribution is 6.42. The van der Waals surface area contributed by atoms with Crippen molar-refractivity contribution in [1.29, 1.82) is 0 Å². The SMILES string of the molecule is Cc1cccn2cc(CC(=O)NC3CCc4c3ccc(Cl)c4Cl)nc12. The van der Waals surface area contributed by atoms with Gasteiger partial charge in [0.25, 0.3) is 0 Å². The van der Waals surface area contributed by atoms with Crippen molar-refractivity contribution in [2.45, 2.75) is 32.2 Å². The molecule has 0 radical (unpaired) electrons. The summed E-state index contributed by atoms with van der Waals surface area (Å²) in [5, 5.41) is 4.27. The first-order chi connectivity index (χ1) is 12.0. The smallest absolute Gasteiger partial charge is 0.226 e. The number of aryl methyl sites for hydroxylation is 1. The van der Waals surface area contributed by atoms with Crippen molar-refractivity contribution in [2.24, 2.45) is 0 Å². The van der Waals surface area contributed by atoms with Crippen LogP contribution in [0.1, 0.15) is 34.8 Å². The maximum atomic E-state index is 12.5. The van der Waals surface area contributed by atoms with Gasteiger partial charge in [-0.15, -0.1) is 0 Å². The fraction of sp³-hybridized carbons (Fsp3) is 0.263. The second-order valence-electron chi connectivity index (χ2n) is 6.42. The van der Waals surface area contributed by atoms with Gasteiger partial charge in [-0.3, -0.25) is 4.79 Å². The van der Waals surface area contributed by atoms with Crippen LogP contribution in [0.3, 0.4) is 0 Å². The van der Waals surface area contributed by atoms with Gasteiger partial charge in [0.05, 0.1) is 28.2 Å². The Labute approximate surface area is 155 Å². The van der Waals surface area contributed by atoms with Crippen LogP contribution < -0.4 is 5.32 Å². The monoisotopic (exact) mass is 373 g/mol.